The summed E-state index contributed by atoms with van der Waals surface area (Å²) in [6.07, 6.45) is 6.25. The van der Waals surface area contributed by atoms with Gasteiger partial charge >= 0.3 is 0 Å². The number of nitro groups is 1. The molecular formula is C21H20ClN5O3. The van der Waals surface area contributed by atoms with Crippen LogP contribution in [0.5, 0.6) is 0 Å². The second-order valence-electron chi connectivity index (χ2n) is 7.22. The van der Waals surface area contributed by atoms with Crippen LogP contribution in [0.3, 0.4) is 0 Å². The molecule has 0 saturated heterocycles. The standard InChI is InChI=1S/C21H20ClN5O3/c22-18-12-16(27(29)30)8-9-17(18)21(28)24-13-14-11-20(19-7-3-4-10-23-19)26(25-14)15-5-1-2-6-15/h3-4,7-12,15H,1-2,5-6,13H2,(H,24,28). The third-order valence-corrected chi connectivity index (χ3v) is 5.54. The first-order valence-electron chi connectivity index (χ1n) is 9.75. The van der Waals surface area contributed by atoms with Crippen molar-refractivity contribution >= 4 is 23.2 Å². The Morgan fingerprint density at radius 3 is 2.70 bits per heavy atom. The molecule has 1 fully saturated rings. The molecule has 154 valence electrons. The zero-order valence-electron chi connectivity index (χ0n) is 16.1. The molecule has 1 aliphatic rings. The van der Waals surface area contributed by atoms with Gasteiger partial charge in [-0.15, -0.1) is 0 Å². The van der Waals surface area contributed by atoms with Crippen molar-refractivity contribution in [3.63, 3.8) is 0 Å². The average molecular weight is 426 g/mol. The van der Waals surface area contributed by atoms with Crippen LogP contribution in [-0.2, 0) is 6.54 Å². The van der Waals surface area contributed by atoms with Crippen molar-refractivity contribution in [2.24, 2.45) is 0 Å². The number of halogens is 1. The number of hydrogen-bond acceptors (Lipinski definition) is 5. The molecule has 1 amide bonds. The summed E-state index contributed by atoms with van der Waals surface area (Å²) >= 11 is 6.05. The van der Waals surface area contributed by atoms with E-state index in [9.17, 15) is 14.9 Å². The van der Waals surface area contributed by atoms with Crippen LogP contribution in [0.1, 0.15) is 47.8 Å². The SMILES string of the molecule is O=C(NCc1cc(-c2ccccn2)n(C2CCCC2)n1)c1ccc([N+](=O)[O-])cc1Cl. The predicted molar refractivity (Wildman–Crippen MR) is 112 cm³/mol. The van der Waals surface area contributed by atoms with Crippen LogP contribution in [-0.4, -0.2) is 25.6 Å². The summed E-state index contributed by atoms with van der Waals surface area (Å²) in [4.78, 5) is 27.3. The van der Waals surface area contributed by atoms with E-state index in [1.807, 2.05) is 28.9 Å². The molecule has 0 unspecified atom stereocenters. The number of rotatable bonds is 6. The summed E-state index contributed by atoms with van der Waals surface area (Å²) < 4.78 is 2.02. The monoisotopic (exact) mass is 425 g/mol. The van der Waals surface area contributed by atoms with Gasteiger partial charge in [0.15, 0.2) is 0 Å². The number of hydrogen-bond donors (Lipinski definition) is 1. The van der Waals surface area contributed by atoms with E-state index in [1.165, 1.54) is 31.0 Å². The molecule has 8 nitrogen and oxygen atoms in total. The summed E-state index contributed by atoms with van der Waals surface area (Å²) in [6.45, 7) is 0.214. The molecule has 1 aromatic carbocycles. The molecular weight excluding hydrogens is 406 g/mol. The number of nitrogens with one attached hydrogen (secondary N) is 1. The van der Waals surface area contributed by atoms with Gasteiger partial charge in [0.1, 0.15) is 0 Å². The molecule has 30 heavy (non-hydrogen) atoms. The van der Waals surface area contributed by atoms with Crippen molar-refractivity contribution in [2.75, 3.05) is 0 Å². The van der Waals surface area contributed by atoms with Crippen molar-refractivity contribution < 1.29 is 9.72 Å². The second-order valence-corrected chi connectivity index (χ2v) is 7.63. The lowest BCUT2D eigenvalue weighted by atomic mass is 10.2. The van der Waals surface area contributed by atoms with E-state index < -0.39 is 10.8 Å². The van der Waals surface area contributed by atoms with Gasteiger partial charge in [0.25, 0.3) is 11.6 Å². The Balaban J connectivity index is 1.53. The maximum absolute atomic E-state index is 12.5. The lowest BCUT2D eigenvalue weighted by Gasteiger charge is -2.13. The number of pyridine rings is 1. The van der Waals surface area contributed by atoms with Crippen LogP contribution >= 0.6 is 11.6 Å². The van der Waals surface area contributed by atoms with Crippen LogP contribution in [0.25, 0.3) is 11.4 Å². The van der Waals surface area contributed by atoms with Gasteiger partial charge in [0.2, 0.25) is 0 Å². The van der Waals surface area contributed by atoms with Crippen molar-refractivity contribution in [2.45, 2.75) is 38.3 Å². The molecule has 0 spiro atoms. The van der Waals surface area contributed by atoms with Crippen molar-refractivity contribution in [3.05, 3.63) is 75.1 Å². The Morgan fingerprint density at radius 1 is 1.23 bits per heavy atom. The van der Waals surface area contributed by atoms with E-state index in [0.29, 0.717) is 11.7 Å². The minimum absolute atomic E-state index is 0.0346. The molecule has 2 aromatic heterocycles. The molecule has 1 saturated carbocycles. The fourth-order valence-electron chi connectivity index (χ4n) is 3.73. The van der Waals surface area contributed by atoms with E-state index >= 15 is 0 Å². The Hall–Kier alpha value is -3.26. The van der Waals surface area contributed by atoms with Gasteiger partial charge in [-0.2, -0.15) is 5.10 Å². The Kier molecular flexibility index (Phi) is 5.76. The largest absolute Gasteiger partial charge is 0.346 e. The lowest BCUT2D eigenvalue weighted by molar-refractivity contribution is -0.384. The highest BCUT2D eigenvalue weighted by Crippen LogP contribution is 2.33. The van der Waals surface area contributed by atoms with Gasteiger partial charge in [-0.25, -0.2) is 0 Å². The minimum atomic E-state index is -0.553. The first kappa shape index (κ1) is 20.0. The summed E-state index contributed by atoms with van der Waals surface area (Å²) in [7, 11) is 0. The fourth-order valence-corrected chi connectivity index (χ4v) is 3.99. The number of nitrogens with zero attached hydrogens (tertiary/aromatic N) is 4. The number of benzene rings is 1. The summed E-state index contributed by atoms with van der Waals surface area (Å²) in [6, 6.07) is 11.8. The van der Waals surface area contributed by atoms with E-state index in [4.69, 9.17) is 16.7 Å². The van der Waals surface area contributed by atoms with Crippen molar-refractivity contribution in [1.29, 1.82) is 0 Å². The highest BCUT2D eigenvalue weighted by molar-refractivity contribution is 6.34. The van der Waals surface area contributed by atoms with Crippen molar-refractivity contribution in [3.8, 4) is 11.4 Å². The Labute approximate surface area is 178 Å². The van der Waals surface area contributed by atoms with Crippen LogP contribution in [0.2, 0.25) is 5.02 Å². The van der Waals surface area contributed by atoms with Gasteiger partial charge in [-0.3, -0.25) is 24.6 Å². The van der Waals surface area contributed by atoms with Gasteiger partial charge < -0.3 is 5.32 Å². The fraction of sp³-hybridized carbons (Fsp3) is 0.286. The summed E-state index contributed by atoms with van der Waals surface area (Å²) in [5.41, 5.74) is 2.51. The van der Waals surface area contributed by atoms with Crippen LogP contribution in [0.4, 0.5) is 5.69 Å². The van der Waals surface area contributed by atoms with E-state index in [2.05, 4.69) is 10.3 Å². The molecule has 0 bridgehead atoms. The van der Waals surface area contributed by atoms with Crippen LogP contribution in [0, 0.1) is 10.1 Å². The molecule has 3 aromatic rings. The third-order valence-electron chi connectivity index (χ3n) is 5.22. The maximum atomic E-state index is 12.5. The Bertz CT molecular complexity index is 1080. The van der Waals surface area contributed by atoms with E-state index in [-0.39, 0.29) is 22.8 Å². The number of carbonyl (C=O) groups excluding carboxylic acids is 1. The zero-order chi connectivity index (χ0) is 21.1. The number of carbonyl (C=O) groups is 1. The molecule has 4 rings (SSSR count). The van der Waals surface area contributed by atoms with E-state index in [0.717, 1.165) is 24.2 Å². The third kappa shape index (κ3) is 4.18. The quantitative estimate of drug-likeness (QED) is 0.461. The number of non-ortho nitro benzene ring substituents is 1. The molecule has 0 radical (unpaired) electrons. The van der Waals surface area contributed by atoms with Gasteiger partial charge in [0, 0.05) is 18.3 Å². The highest BCUT2D eigenvalue weighted by Gasteiger charge is 2.23. The molecule has 1 N–H and O–H groups in total. The predicted octanol–water partition coefficient (Wildman–Crippen LogP) is 4.55. The minimum Gasteiger partial charge on any atom is -0.346 e. The van der Waals surface area contributed by atoms with Gasteiger partial charge in [-0.05, 0) is 37.1 Å². The summed E-state index contributed by atoms with van der Waals surface area (Å²) in [5, 5.41) is 18.4. The molecule has 2 heterocycles. The second kappa shape index (κ2) is 8.62. The van der Waals surface area contributed by atoms with Gasteiger partial charge in [-0.1, -0.05) is 30.5 Å². The van der Waals surface area contributed by atoms with Crippen LogP contribution < -0.4 is 5.32 Å². The zero-order valence-corrected chi connectivity index (χ0v) is 16.9. The maximum Gasteiger partial charge on any atom is 0.270 e. The topological polar surface area (TPSA) is 103 Å². The lowest BCUT2D eigenvalue weighted by Crippen LogP contribution is -2.23. The average Bonchev–Trinajstić information content (AvgIpc) is 3.42. The highest BCUT2D eigenvalue weighted by atomic mass is 35.5. The van der Waals surface area contributed by atoms with Crippen molar-refractivity contribution in [1.82, 2.24) is 20.1 Å². The number of aromatic nitrogens is 3. The van der Waals surface area contributed by atoms with Gasteiger partial charge in [0.05, 0.1) is 45.2 Å². The first-order chi connectivity index (χ1) is 14.5. The molecule has 0 aliphatic heterocycles. The molecule has 1 aliphatic carbocycles. The van der Waals surface area contributed by atoms with Crippen LogP contribution in [0.15, 0.2) is 48.7 Å². The molecule has 9 heteroatoms. The smallest absolute Gasteiger partial charge is 0.270 e. The van der Waals surface area contributed by atoms with E-state index in [1.54, 1.807) is 6.20 Å². The first-order valence-corrected chi connectivity index (χ1v) is 10.1. The summed E-state index contributed by atoms with van der Waals surface area (Å²) in [5.74, 6) is -0.412. The normalized spacial score (nSPS) is 14.0. The number of nitro benzene ring substituents is 1. The molecule has 0 atom stereocenters. The number of amides is 1. The Morgan fingerprint density at radius 2 is 2.03 bits per heavy atom.